The van der Waals surface area contributed by atoms with Crippen molar-refractivity contribution >= 4 is 35.1 Å². The first-order valence-electron chi connectivity index (χ1n) is 8.56. The first kappa shape index (κ1) is 17.8. The van der Waals surface area contributed by atoms with Gasteiger partial charge in [0, 0.05) is 32.2 Å². The molecule has 132 valence electrons. The van der Waals surface area contributed by atoms with Crippen molar-refractivity contribution in [3.8, 4) is 0 Å². The topological polar surface area (TPSA) is 34.1 Å². The lowest BCUT2D eigenvalue weighted by Crippen LogP contribution is -2.22. The molecule has 0 atom stereocenters. The minimum absolute atomic E-state index is 0.0490. The third-order valence-electron chi connectivity index (χ3n) is 4.26. The summed E-state index contributed by atoms with van der Waals surface area (Å²) in [6.45, 7) is 0. The zero-order chi connectivity index (χ0) is 18.6. The van der Waals surface area contributed by atoms with Gasteiger partial charge in [0.1, 0.15) is 0 Å². The van der Waals surface area contributed by atoms with Crippen LogP contribution in [-0.2, 0) is 0 Å². The van der Waals surface area contributed by atoms with Crippen molar-refractivity contribution in [1.82, 2.24) is 0 Å². The van der Waals surface area contributed by atoms with E-state index in [4.69, 9.17) is 0 Å². The zero-order valence-corrected chi connectivity index (χ0v) is 16.1. The molecular weight excluding hydrogens is 372 g/mol. The zero-order valence-electron chi connectivity index (χ0n) is 14.4. The van der Waals surface area contributed by atoms with Crippen molar-refractivity contribution in [2.75, 3.05) is 5.75 Å². The highest BCUT2D eigenvalue weighted by molar-refractivity contribution is 8.04. The van der Waals surface area contributed by atoms with Gasteiger partial charge in [-0.05, 0) is 24.3 Å². The van der Waals surface area contributed by atoms with Gasteiger partial charge in [0.15, 0.2) is 5.78 Å². The fourth-order valence-electron chi connectivity index (χ4n) is 2.92. The van der Waals surface area contributed by atoms with Gasteiger partial charge in [-0.1, -0.05) is 72.4 Å². The van der Waals surface area contributed by atoms with E-state index in [9.17, 15) is 9.59 Å². The minimum atomic E-state index is -0.0669. The number of hydrogen-bond acceptors (Lipinski definition) is 4. The van der Waals surface area contributed by atoms with E-state index in [1.807, 2.05) is 60.7 Å². The van der Waals surface area contributed by atoms with Gasteiger partial charge < -0.3 is 0 Å². The second kappa shape index (κ2) is 7.99. The van der Waals surface area contributed by atoms with Crippen LogP contribution in [0.15, 0.2) is 105 Å². The number of benzene rings is 3. The number of thioether (sulfide) groups is 2. The Labute approximate surface area is 166 Å². The van der Waals surface area contributed by atoms with Gasteiger partial charge >= 0.3 is 0 Å². The monoisotopic (exact) mass is 388 g/mol. The Morgan fingerprint density at radius 1 is 0.593 bits per heavy atom. The number of fused-ring (bicyclic) bond motifs is 1. The molecule has 1 aliphatic carbocycles. The van der Waals surface area contributed by atoms with Crippen LogP contribution >= 0.6 is 23.5 Å². The molecule has 3 aromatic carbocycles. The van der Waals surface area contributed by atoms with E-state index in [-0.39, 0.29) is 11.6 Å². The molecule has 4 heteroatoms. The standard InChI is InChI=1S/C23H16O2S2/c24-21-18-13-7-8-14-19(18)22(25)23(27-17-11-5-2-6-12-17)20(21)15-26-16-9-3-1-4-10-16/h1-14H,15H2. The third-order valence-corrected chi connectivity index (χ3v) is 6.44. The molecule has 0 unspecified atom stereocenters. The van der Waals surface area contributed by atoms with Gasteiger partial charge in [-0.25, -0.2) is 0 Å². The molecule has 0 amide bonds. The van der Waals surface area contributed by atoms with Crippen molar-refractivity contribution < 1.29 is 9.59 Å². The van der Waals surface area contributed by atoms with Gasteiger partial charge in [-0.15, -0.1) is 11.8 Å². The molecule has 0 spiro atoms. The van der Waals surface area contributed by atoms with Crippen LogP contribution in [0.25, 0.3) is 0 Å². The van der Waals surface area contributed by atoms with E-state index in [2.05, 4.69) is 0 Å². The van der Waals surface area contributed by atoms with Crippen LogP contribution < -0.4 is 0 Å². The smallest absolute Gasteiger partial charge is 0.200 e. The molecule has 0 aromatic heterocycles. The molecule has 0 radical (unpaired) electrons. The highest BCUT2D eigenvalue weighted by atomic mass is 32.2. The lowest BCUT2D eigenvalue weighted by atomic mass is 9.90. The maximum Gasteiger partial charge on any atom is 0.200 e. The second-order valence-corrected chi connectivity index (χ2v) is 8.16. The molecule has 0 saturated carbocycles. The number of ketones is 2. The number of allylic oxidation sites excluding steroid dienone is 1. The average Bonchev–Trinajstić information content (AvgIpc) is 2.73. The first-order valence-corrected chi connectivity index (χ1v) is 10.4. The van der Waals surface area contributed by atoms with Crippen LogP contribution in [0.5, 0.6) is 0 Å². The van der Waals surface area contributed by atoms with Crippen molar-refractivity contribution in [2.45, 2.75) is 9.79 Å². The summed E-state index contributed by atoms with van der Waals surface area (Å²) in [5.41, 5.74) is 1.58. The highest BCUT2D eigenvalue weighted by Crippen LogP contribution is 2.38. The fourth-order valence-corrected chi connectivity index (χ4v) is 4.97. The van der Waals surface area contributed by atoms with Crippen LogP contribution in [0.1, 0.15) is 20.7 Å². The predicted octanol–water partition coefficient (Wildman–Crippen LogP) is 5.90. The first-order chi connectivity index (χ1) is 13.2. The van der Waals surface area contributed by atoms with Crippen molar-refractivity contribution in [3.05, 3.63) is 107 Å². The Balaban J connectivity index is 1.73. The molecule has 0 fully saturated rings. The number of hydrogen-bond donors (Lipinski definition) is 0. The van der Waals surface area contributed by atoms with Crippen LogP contribution in [-0.4, -0.2) is 17.3 Å². The number of carbonyl (C=O) groups is 2. The molecule has 3 aromatic rings. The average molecular weight is 389 g/mol. The molecule has 0 saturated heterocycles. The molecule has 27 heavy (non-hydrogen) atoms. The minimum Gasteiger partial charge on any atom is -0.289 e. The lowest BCUT2D eigenvalue weighted by molar-refractivity contribution is 0.0982. The van der Waals surface area contributed by atoms with Crippen LogP contribution in [0.4, 0.5) is 0 Å². The lowest BCUT2D eigenvalue weighted by Gasteiger charge is -2.20. The van der Waals surface area contributed by atoms with Gasteiger partial charge in [-0.2, -0.15) is 0 Å². The van der Waals surface area contributed by atoms with E-state index < -0.39 is 0 Å². The quantitative estimate of drug-likeness (QED) is 0.509. The van der Waals surface area contributed by atoms with E-state index in [1.54, 1.807) is 36.0 Å². The maximum atomic E-state index is 13.1. The molecule has 0 bridgehead atoms. The molecule has 1 aliphatic rings. The summed E-state index contributed by atoms with van der Waals surface area (Å²) in [5, 5.41) is 0. The summed E-state index contributed by atoms with van der Waals surface area (Å²) < 4.78 is 0. The van der Waals surface area contributed by atoms with E-state index in [0.29, 0.717) is 27.4 Å². The van der Waals surface area contributed by atoms with E-state index >= 15 is 0 Å². The molecule has 0 N–H and O–H groups in total. The Kier molecular flexibility index (Phi) is 5.28. The third kappa shape index (κ3) is 3.77. The summed E-state index contributed by atoms with van der Waals surface area (Å²) in [5.74, 6) is 0.354. The van der Waals surface area contributed by atoms with E-state index in [1.165, 1.54) is 11.8 Å². The molecule has 0 heterocycles. The summed E-state index contributed by atoms with van der Waals surface area (Å²) >= 11 is 2.96. The van der Waals surface area contributed by atoms with Crippen LogP contribution in [0, 0.1) is 0 Å². The largest absolute Gasteiger partial charge is 0.289 e. The summed E-state index contributed by atoms with van der Waals surface area (Å²) in [6, 6.07) is 26.7. The van der Waals surface area contributed by atoms with Crippen LogP contribution in [0.3, 0.4) is 0 Å². The Hall–Kier alpha value is -2.56. The fraction of sp³-hybridized carbons (Fsp3) is 0.0435. The molecular formula is C23H16O2S2. The molecule has 2 nitrogen and oxygen atoms in total. The Morgan fingerprint density at radius 3 is 1.74 bits per heavy atom. The number of carbonyl (C=O) groups excluding carboxylic acids is 2. The van der Waals surface area contributed by atoms with Gasteiger partial charge in [0.2, 0.25) is 5.78 Å². The highest BCUT2D eigenvalue weighted by Gasteiger charge is 2.32. The van der Waals surface area contributed by atoms with Crippen molar-refractivity contribution in [2.24, 2.45) is 0 Å². The number of rotatable bonds is 5. The summed E-state index contributed by atoms with van der Waals surface area (Å²) in [4.78, 5) is 28.9. The Morgan fingerprint density at radius 2 is 1.11 bits per heavy atom. The molecule has 0 aliphatic heterocycles. The summed E-state index contributed by atoms with van der Waals surface area (Å²) in [7, 11) is 0. The maximum absolute atomic E-state index is 13.1. The van der Waals surface area contributed by atoms with Crippen molar-refractivity contribution in [3.63, 3.8) is 0 Å². The van der Waals surface area contributed by atoms with Crippen molar-refractivity contribution in [1.29, 1.82) is 0 Å². The SMILES string of the molecule is O=C1C(CSc2ccccc2)=C(Sc2ccccc2)C(=O)c2ccccc21. The summed E-state index contributed by atoms with van der Waals surface area (Å²) in [6.07, 6.45) is 0. The Bertz CT molecular complexity index is 1020. The van der Waals surface area contributed by atoms with E-state index in [0.717, 1.165) is 9.79 Å². The van der Waals surface area contributed by atoms with Gasteiger partial charge in [0.05, 0.1) is 4.91 Å². The normalized spacial score (nSPS) is 13.6. The second-order valence-electron chi connectivity index (χ2n) is 6.03. The molecule has 4 rings (SSSR count). The van der Waals surface area contributed by atoms with Gasteiger partial charge in [0.25, 0.3) is 0 Å². The van der Waals surface area contributed by atoms with Gasteiger partial charge in [-0.3, -0.25) is 9.59 Å². The van der Waals surface area contributed by atoms with Crippen LogP contribution in [0.2, 0.25) is 0 Å². The number of Topliss-reactive ketones (excluding diaryl/α,β-unsaturated/α-hetero) is 2. The predicted molar refractivity (Wildman–Crippen MR) is 112 cm³/mol.